The van der Waals surface area contributed by atoms with Crippen molar-refractivity contribution >= 4 is 27.9 Å². The number of rotatable bonds is 3. The molecule has 2 fully saturated rings. The van der Waals surface area contributed by atoms with Crippen LogP contribution in [0.3, 0.4) is 0 Å². The molecule has 0 saturated carbocycles. The van der Waals surface area contributed by atoms with Gasteiger partial charge in [0.15, 0.2) is 0 Å². The Hall–Kier alpha value is -1.67. The van der Waals surface area contributed by atoms with Crippen molar-refractivity contribution in [2.45, 2.75) is 25.1 Å². The molecule has 0 spiro atoms. The highest BCUT2D eigenvalue weighted by Crippen LogP contribution is 2.27. The number of nitrogens with one attached hydrogen (secondary N) is 1. The number of hydrogen-bond acceptors (Lipinski definition) is 5. The zero-order chi connectivity index (χ0) is 15.7. The third kappa shape index (κ3) is 3.07. The van der Waals surface area contributed by atoms with Crippen LogP contribution >= 0.6 is 15.9 Å². The number of urea groups is 1. The maximum Gasteiger partial charge on any atom is 0.325 e. The standard InChI is InChI=1S/C14H17BrN4O3/c1-18-13(20)6-12(17-14(18)21)19-5-3-9(8-19)22-11-2-4-16-7-10(11)15/h2,4,7,9,12H,3,5-6,8H2,1H3,(H,17,21). The Bertz CT molecular complexity index is 579. The lowest BCUT2D eigenvalue weighted by atomic mass is 10.2. The van der Waals surface area contributed by atoms with Gasteiger partial charge in [0.25, 0.3) is 0 Å². The van der Waals surface area contributed by atoms with E-state index in [9.17, 15) is 9.59 Å². The van der Waals surface area contributed by atoms with Gasteiger partial charge in [-0.05, 0) is 28.4 Å². The summed E-state index contributed by atoms with van der Waals surface area (Å²) >= 11 is 3.41. The first kappa shape index (κ1) is 15.2. The van der Waals surface area contributed by atoms with Crippen LogP contribution in [0.5, 0.6) is 5.75 Å². The average molecular weight is 369 g/mol. The van der Waals surface area contributed by atoms with Gasteiger partial charge in [-0.3, -0.25) is 19.6 Å². The van der Waals surface area contributed by atoms with Gasteiger partial charge in [-0.2, -0.15) is 0 Å². The molecule has 1 N–H and O–H groups in total. The molecule has 1 aromatic heterocycles. The van der Waals surface area contributed by atoms with Crippen molar-refractivity contribution in [2.24, 2.45) is 0 Å². The highest BCUT2D eigenvalue weighted by atomic mass is 79.9. The van der Waals surface area contributed by atoms with Gasteiger partial charge in [0.05, 0.1) is 17.1 Å². The summed E-state index contributed by atoms with van der Waals surface area (Å²) in [6.45, 7) is 1.46. The molecule has 1 aromatic rings. The first-order chi connectivity index (χ1) is 10.5. The minimum Gasteiger partial charge on any atom is -0.488 e. The molecule has 7 nitrogen and oxygen atoms in total. The fourth-order valence-electron chi connectivity index (χ4n) is 2.70. The minimum atomic E-state index is -0.345. The summed E-state index contributed by atoms with van der Waals surface area (Å²) in [5, 5.41) is 2.85. The number of carbonyl (C=O) groups is 2. The number of aromatic nitrogens is 1. The van der Waals surface area contributed by atoms with Gasteiger partial charge in [-0.1, -0.05) is 0 Å². The Kier molecular flexibility index (Phi) is 4.30. The number of ether oxygens (including phenoxy) is 1. The molecule has 2 aliphatic rings. The first-order valence-electron chi connectivity index (χ1n) is 7.12. The van der Waals surface area contributed by atoms with Crippen LogP contribution in [-0.2, 0) is 4.79 Å². The van der Waals surface area contributed by atoms with Crippen LogP contribution in [0.25, 0.3) is 0 Å². The van der Waals surface area contributed by atoms with Crippen LogP contribution in [0.15, 0.2) is 22.9 Å². The molecular weight excluding hydrogens is 352 g/mol. The van der Waals surface area contributed by atoms with Crippen LogP contribution in [0.2, 0.25) is 0 Å². The molecular formula is C14H17BrN4O3. The zero-order valence-electron chi connectivity index (χ0n) is 12.2. The summed E-state index contributed by atoms with van der Waals surface area (Å²) in [6.07, 6.45) is 4.32. The summed E-state index contributed by atoms with van der Waals surface area (Å²) in [4.78, 5) is 30.7. The minimum absolute atomic E-state index is 0.0327. The molecule has 0 aliphatic carbocycles. The van der Waals surface area contributed by atoms with Gasteiger partial charge in [0.2, 0.25) is 5.91 Å². The molecule has 2 atom stereocenters. The second kappa shape index (κ2) is 6.21. The molecule has 2 saturated heterocycles. The van der Waals surface area contributed by atoms with E-state index in [2.05, 4.69) is 31.1 Å². The quantitative estimate of drug-likeness (QED) is 0.867. The van der Waals surface area contributed by atoms with E-state index in [1.807, 2.05) is 6.07 Å². The highest BCUT2D eigenvalue weighted by molar-refractivity contribution is 9.10. The third-order valence-electron chi connectivity index (χ3n) is 3.98. The zero-order valence-corrected chi connectivity index (χ0v) is 13.7. The summed E-state index contributed by atoms with van der Waals surface area (Å²) in [7, 11) is 1.49. The predicted molar refractivity (Wildman–Crippen MR) is 82.2 cm³/mol. The molecule has 3 amide bonds. The van der Waals surface area contributed by atoms with Crippen LogP contribution in [0.1, 0.15) is 12.8 Å². The number of carbonyl (C=O) groups excluding carboxylic acids is 2. The number of imide groups is 1. The molecule has 3 rings (SSSR count). The summed E-state index contributed by atoms with van der Waals surface area (Å²) in [6, 6.07) is 1.47. The maximum absolute atomic E-state index is 11.8. The maximum atomic E-state index is 11.8. The predicted octanol–water partition coefficient (Wildman–Crippen LogP) is 1.19. The van der Waals surface area contributed by atoms with Crippen molar-refractivity contribution in [2.75, 3.05) is 20.1 Å². The fourth-order valence-corrected chi connectivity index (χ4v) is 3.04. The van der Waals surface area contributed by atoms with E-state index in [-0.39, 0.29) is 24.2 Å². The Labute approximate surface area is 136 Å². The van der Waals surface area contributed by atoms with Crippen molar-refractivity contribution < 1.29 is 14.3 Å². The Morgan fingerprint density at radius 1 is 1.45 bits per heavy atom. The number of amides is 3. The molecule has 3 heterocycles. The van der Waals surface area contributed by atoms with E-state index in [0.717, 1.165) is 28.1 Å². The summed E-state index contributed by atoms with van der Waals surface area (Å²) < 4.78 is 6.78. The molecule has 22 heavy (non-hydrogen) atoms. The monoisotopic (exact) mass is 368 g/mol. The lowest BCUT2D eigenvalue weighted by Crippen LogP contribution is -2.58. The van der Waals surface area contributed by atoms with Gasteiger partial charge in [0.1, 0.15) is 11.9 Å². The molecule has 8 heteroatoms. The average Bonchev–Trinajstić information content (AvgIpc) is 2.95. The third-order valence-corrected chi connectivity index (χ3v) is 4.58. The largest absolute Gasteiger partial charge is 0.488 e. The number of nitrogens with zero attached hydrogens (tertiary/aromatic N) is 3. The van der Waals surface area contributed by atoms with Crippen molar-refractivity contribution in [3.63, 3.8) is 0 Å². The summed E-state index contributed by atoms with van der Waals surface area (Å²) in [5.74, 6) is 0.598. The molecule has 0 aromatic carbocycles. The Morgan fingerprint density at radius 3 is 3.00 bits per heavy atom. The van der Waals surface area contributed by atoms with Crippen molar-refractivity contribution in [1.82, 2.24) is 20.1 Å². The molecule has 2 aliphatic heterocycles. The van der Waals surface area contributed by atoms with E-state index in [0.29, 0.717) is 13.0 Å². The van der Waals surface area contributed by atoms with Gasteiger partial charge >= 0.3 is 6.03 Å². The second-order valence-corrected chi connectivity index (χ2v) is 6.31. The lowest BCUT2D eigenvalue weighted by Gasteiger charge is -2.34. The molecule has 2 unspecified atom stereocenters. The molecule has 0 radical (unpaired) electrons. The van der Waals surface area contributed by atoms with Crippen LogP contribution in [0, 0.1) is 0 Å². The van der Waals surface area contributed by atoms with Gasteiger partial charge in [-0.15, -0.1) is 0 Å². The van der Waals surface area contributed by atoms with Gasteiger partial charge < -0.3 is 10.1 Å². The van der Waals surface area contributed by atoms with Crippen LogP contribution < -0.4 is 10.1 Å². The Balaban J connectivity index is 1.60. The number of hydrogen-bond donors (Lipinski definition) is 1. The van der Waals surface area contributed by atoms with E-state index < -0.39 is 0 Å². The lowest BCUT2D eigenvalue weighted by molar-refractivity contribution is -0.130. The van der Waals surface area contributed by atoms with Crippen LogP contribution in [-0.4, -0.2) is 59.1 Å². The van der Waals surface area contributed by atoms with Gasteiger partial charge in [0, 0.05) is 32.5 Å². The first-order valence-corrected chi connectivity index (χ1v) is 7.91. The van der Waals surface area contributed by atoms with Crippen molar-refractivity contribution in [3.8, 4) is 5.75 Å². The Morgan fingerprint density at radius 2 is 2.27 bits per heavy atom. The van der Waals surface area contributed by atoms with E-state index in [1.165, 1.54) is 7.05 Å². The smallest absolute Gasteiger partial charge is 0.325 e. The number of pyridine rings is 1. The van der Waals surface area contributed by atoms with E-state index >= 15 is 0 Å². The van der Waals surface area contributed by atoms with E-state index in [1.54, 1.807) is 12.4 Å². The highest BCUT2D eigenvalue weighted by Gasteiger charge is 2.36. The molecule has 118 valence electrons. The number of likely N-dealkylation sites (tertiary alicyclic amines) is 1. The molecule has 0 bridgehead atoms. The summed E-state index contributed by atoms with van der Waals surface area (Å²) in [5.41, 5.74) is 0. The van der Waals surface area contributed by atoms with Crippen molar-refractivity contribution in [3.05, 3.63) is 22.9 Å². The van der Waals surface area contributed by atoms with Crippen LogP contribution in [0.4, 0.5) is 4.79 Å². The van der Waals surface area contributed by atoms with Crippen molar-refractivity contribution in [1.29, 1.82) is 0 Å². The normalized spacial score (nSPS) is 26.2. The fraction of sp³-hybridized carbons (Fsp3) is 0.500. The number of halogens is 1. The van der Waals surface area contributed by atoms with E-state index in [4.69, 9.17) is 4.74 Å². The second-order valence-electron chi connectivity index (χ2n) is 5.45. The SMILES string of the molecule is CN1C(=O)CC(N2CCC(Oc3ccncc3Br)C2)NC1=O. The topological polar surface area (TPSA) is 74.8 Å². The van der Waals surface area contributed by atoms with Gasteiger partial charge in [-0.25, -0.2) is 4.79 Å².